The van der Waals surface area contributed by atoms with Gasteiger partial charge in [-0.2, -0.15) is 0 Å². The number of halogens is 2. The van der Waals surface area contributed by atoms with Crippen LogP contribution in [0.1, 0.15) is 12.5 Å². The predicted octanol–water partition coefficient (Wildman–Crippen LogP) is 2.79. The fourth-order valence-corrected chi connectivity index (χ4v) is 2.37. The molecule has 2 nitrogen and oxygen atoms in total. The largest absolute Gasteiger partial charge is 0.312 e. The zero-order valence-electron chi connectivity index (χ0n) is 9.34. The van der Waals surface area contributed by atoms with Gasteiger partial charge in [-0.15, -0.1) is 0 Å². The van der Waals surface area contributed by atoms with E-state index in [0.717, 1.165) is 26.2 Å². The normalized spacial score (nSPS) is 22.3. The van der Waals surface area contributed by atoms with E-state index in [4.69, 9.17) is 23.2 Å². The highest BCUT2D eigenvalue weighted by molar-refractivity contribution is 6.42. The first-order valence-corrected chi connectivity index (χ1v) is 6.30. The second kappa shape index (κ2) is 5.37. The van der Waals surface area contributed by atoms with Crippen molar-refractivity contribution in [3.8, 4) is 0 Å². The number of hydrogen-bond donors (Lipinski definition) is 1. The van der Waals surface area contributed by atoms with Gasteiger partial charge in [0.1, 0.15) is 0 Å². The van der Waals surface area contributed by atoms with Gasteiger partial charge < -0.3 is 5.32 Å². The molecule has 1 aliphatic rings. The minimum absolute atomic E-state index is 0.566. The van der Waals surface area contributed by atoms with E-state index >= 15 is 0 Å². The summed E-state index contributed by atoms with van der Waals surface area (Å²) >= 11 is 11.9. The summed E-state index contributed by atoms with van der Waals surface area (Å²) in [6.45, 7) is 6.39. The van der Waals surface area contributed by atoms with E-state index in [9.17, 15) is 0 Å². The number of nitrogens with zero attached hydrogens (tertiary/aromatic N) is 1. The molecule has 1 aromatic carbocycles. The molecule has 0 aromatic heterocycles. The topological polar surface area (TPSA) is 15.3 Å². The van der Waals surface area contributed by atoms with Crippen LogP contribution in [-0.2, 0) is 6.54 Å². The van der Waals surface area contributed by atoms with Gasteiger partial charge in [0.2, 0.25) is 0 Å². The molecule has 1 fully saturated rings. The van der Waals surface area contributed by atoms with Gasteiger partial charge in [-0.1, -0.05) is 29.3 Å². The van der Waals surface area contributed by atoms with Crippen LogP contribution in [0.3, 0.4) is 0 Å². The van der Waals surface area contributed by atoms with E-state index in [2.05, 4.69) is 17.1 Å². The zero-order valence-corrected chi connectivity index (χ0v) is 10.9. The van der Waals surface area contributed by atoms with Crippen molar-refractivity contribution < 1.29 is 0 Å². The van der Waals surface area contributed by atoms with Crippen molar-refractivity contribution in [3.05, 3.63) is 33.8 Å². The first-order valence-electron chi connectivity index (χ1n) is 5.55. The SMILES string of the molecule is C[C@H]1CN(Cc2ccc(Cl)c(Cl)c2)CCN1. The maximum absolute atomic E-state index is 6.00. The molecule has 0 amide bonds. The van der Waals surface area contributed by atoms with Crippen molar-refractivity contribution in [2.75, 3.05) is 19.6 Å². The lowest BCUT2D eigenvalue weighted by Crippen LogP contribution is -2.48. The van der Waals surface area contributed by atoms with Gasteiger partial charge in [0, 0.05) is 32.2 Å². The van der Waals surface area contributed by atoms with Crippen molar-refractivity contribution in [2.45, 2.75) is 19.5 Å². The monoisotopic (exact) mass is 258 g/mol. The van der Waals surface area contributed by atoms with E-state index in [1.165, 1.54) is 5.56 Å². The van der Waals surface area contributed by atoms with Crippen LogP contribution in [0.5, 0.6) is 0 Å². The van der Waals surface area contributed by atoms with Crippen LogP contribution in [0, 0.1) is 0 Å². The molecule has 0 unspecified atom stereocenters. The molecule has 1 atom stereocenters. The third kappa shape index (κ3) is 3.11. The van der Waals surface area contributed by atoms with Gasteiger partial charge in [0.25, 0.3) is 0 Å². The maximum Gasteiger partial charge on any atom is 0.0595 e. The molecule has 2 rings (SSSR count). The molecule has 0 saturated carbocycles. The van der Waals surface area contributed by atoms with E-state index in [-0.39, 0.29) is 0 Å². The number of hydrogen-bond acceptors (Lipinski definition) is 2. The number of nitrogens with one attached hydrogen (secondary N) is 1. The molecular weight excluding hydrogens is 243 g/mol. The predicted molar refractivity (Wildman–Crippen MR) is 69.2 cm³/mol. The highest BCUT2D eigenvalue weighted by Crippen LogP contribution is 2.23. The van der Waals surface area contributed by atoms with E-state index in [0.29, 0.717) is 16.1 Å². The molecule has 88 valence electrons. The molecule has 4 heteroatoms. The van der Waals surface area contributed by atoms with Gasteiger partial charge >= 0.3 is 0 Å². The average Bonchev–Trinajstić information content (AvgIpc) is 2.24. The lowest BCUT2D eigenvalue weighted by Gasteiger charge is -2.31. The van der Waals surface area contributed by atoms with Crippen molar-refractivity contribution in [3.63, 3.8) is 0 Å². The van der Waals surface area contributed by atoms with Gasteiger partial charge in [0.15, 0.2) is 0 Å². The van der Waals surface area contributed by atoms with Crippen LogP contribution in [0.15, 0.2) is 18.2 Å². The zero-order chi connectivity index (χ0) is 11.5. The Morgan fingerprint density at radius 1 is 1.38 bits per heavy atom. The Kier molecular flexibility index (Phi) is 4.09. The fraction of sp³-hybridized carbons (Fsp3) is 0.500. The average molecular weight is 259 g/mol. The third-order valence-corrected chi connectivity index (χ3v) is 3.58. The number of benzene rings is 1. The van der Waals surface area contributed by atoms with Crippen LogP contribution in [0.4, 0.5) is 0 Å². The summed E-state index contributed by atoms with van der Waals surface area (Å²) in [5.41, 5.74) is 1.23. The second-order valence-electron chi connectivity index (χ2n) is 4.34. The van der Waals surface area contributed by atoms with E-state index < -0.39 is 0 Å². The Bertz CT molecular complexity index is 368. The summed E-state index contributed by atoms with van der Waals surface area (Å²) < 4.78 is 0. The Hall–Kier alpha value is -0.280. The maximum atomic E-state index is 6.00. The molecule has 0 aliphatic carbocycles. The highest BCUT2D eigenvalue weighted by atomic mass is 35.5. The van der Waals surface area contributed by atoms with Crippen LogP contribution in [0.25, 0.3) is 0 Å². The number of rotatable bonds is 2. The molecule has 0 bridgehead atoms. The van der Waals surface area contributed by atoms with Gasteiger partial charge in [-0.3, -0.25) is 4.90 Å². The molecule has 1 heterocycles. The Labute approximate surface area is 107 Å². The standard InChI is InChI=1S/C12H16Cl2N2/c1-9-7-16(5-4-15-9)8-10-2-3-11(13)12(14)6-10/h2-3,6,9,15H,4-5,7-8H2,1H3/t9-/m0/s1. The molecule has 1 N–H and O–H groups in total. The van der Waals surface area contributed by atoms with Crippen molar-refractivity contribution in [1.29, 1.82) is 0 Å². The van der Waals surface area contributed by atoms with Crippen LogP contribution >= 0.6 is 23.2 Å². The van der Waals surface area contributed by atoms with Crippen LogP contribution in [-0.4, -0.2) is 30.6 Å². The highest BCUT2D eigenvalue weighted by Gasteiger charge is 2.15. The quantitative estimate of drug-likeness (QED) is 0.878. The molecule has 0 spiro atoms. The van der Waals surface area contributed by atoms with Crippen LogP contribution < -0.4 is 5.32 Å². The summed E-state index contributed by atoms with van der Waals surface area (Å²) in [4.78, 5) is 2.43. The lowest BCUT2D eigenvalue weighted by molar-refractivity contribution is 0.199. The van der Waals surface area contributed by atoms with Gasteiger partial charge in [0.05, 0.1) is 10.0 Å². The molecule has 1 aliphatic heterocycles. The first kappa shape index (κ1) is 12.2. The Morgan fingerprint density at radius 2 is 2.19 bits per heavy atom. The molecule has 0 radical (unpaired) electrons. The van der Waals surface area contributed by atoms with E-state index in [1.54, 1.807) is 0 Å². The van der Waals surface area contributed by atoms with E-state index in [1.807, 2.05) is 18.2 Å². The molecule has 1 saturated heterocycles. The minimum Gasteiger partial charge on any atom is -0.312 e. The summed E-state index contributed by atoms with van der Waals surface area (Å²) in [7, 11) is 0. The van der Waals surface area contributed by atoms with Gasteiger partial charge in [-0.25, -0.2) is 0 Å². The minimum atomic E-state index is 0.566. The fourth-order valence-electron chi connectivity index (χ4n) is 2.05. The smallest absolute Gasteiger partial charge is 0.0595 e. The van der Waals surface area contributed by atoms with Crippen molar-refractivity contribution in [2.24, 2.45) is 0 Å². The molecule has 16 heavy (non-hydrogen) atoms. The summed E-state index contributed by atoms with van der Waals surface area (Å²) in [5.74, 6) is 0. The Morgan fingerprint density at radius 3 is 2.88 bits per heavy atom. The first-order chi connectivity index (χ1) is 7.65. The second-order valence-corrected chi connectivity index (χ2v) is 5.15. The lowest BCUT2D eigenvalue weighted by atomic mass is 10.1. The van der Waals surface area contributed by atoms with Crippen LogP contribution in [0.2, 0.25) is 10.0 Å². The molecule has 1 aromatic rings. The summed E-state index contributed by atoms with van der Waals surface area (Å²) in [6, 6.07) is 6.43. The van der Waals surface area contributed by atoms with Crippen molar-refractivity contribution >= 4 is 23.2 Å². The Balaban J connectivity index is 2.00. The summed E-state index contributed by atoms with van der Waals surface area (Å²) in [5, 5.41) is 4.69. The summed E-state index contributed by atoms with van der Waals surface area (Å²) in [6.07, 6.45) is 0. The number of piperazine rings is 1. The third-order valence-electron chi connectivity index (χ3n) is 2.84. The van der Waals surface area contributed by atoms with Crippen molar-refractivity contribution in [1.82, 2.24) is 10.2 Å². The molecular formula is C12H16Cl2N2. The van der Waals surface area contributed by atoms with Gasteiger partial charge in [-0.05, 0) is 24.6 Å².